The number of amides is 1. The predicted molar refractivity (Wildman–Crippen MR) is 95.3 cm³/mol. The van der Waals surface area contributed by atoms with E-state index in [2.05, 4.69) is 5.32 Å². The molecule has 0 aromatic heterocycles. The summed E-state index contributed by atoms with van der Waals surface area (Å²) in [5, 5.41) is 18.4. The van der Waals surface area contributed by atoms with Gasteiger partial charge in [-0.3, -0.25) is 14.9 Å². The van der Waals surface area contributed by atoms with Gasteiger partial charge >= 0.3 is 6.18 Å². The first kappa shape index (κ1) is 21.7. The van der Waals surface area contributed by atoms with Gasteiger partial charge in [-0.25, -0.2) is 13.6 Å². The topological polar surface area (TPSA) is 132 Å². The van der Waals surface area contributed by atoms with Crippen LogP contribution in [0.3, 0.4) is 0 Å². The normalized spacial score (nSPS) is 11.9. The van der Waals surface area contributed by atoms with Gasteiger partial charge in [-0.1, -0.05) is 0 Å². The van der Waals surface area contributed by atoms with Crippen LogP contribution in [0.2, 0.25) is 0 Å². The number of halogens is 3. The predicted octanol–water partition coefficient (Wildman–Crippen LogP) is 2.99. The Morgan fingerprint density at radius 1 is 1.18 bits per heavy atom. The third-order valence-electron chi connectivity index (χ3n) is 3.31. The van der Waals surface area contributed by atoms with Gasteiger partial charge in [-0.15, -0.1) is 11.8 Å². The van der Waals surface area contributed by atoms with Crippen LogP contribution in [0.5, 0.6) is 0 Å². The fourth-order valence-corrected chi connectivity index (χ4v) is 3.35. The average Bonchev–Trinajstić information content (AvgIpc) is 2.58. The summed E-state index contributed by atoms with van der Waals surface area (Å²) >= 11 is 0.693. The first-order valence-electron chi connectivity index (χ1n) is 7.29. The van der Waals surface area contributed by atoms with Gasteiger partial charge in [-0.2, -0.15) is 13.2 Å². The number of carbonyl (C=O) groups excluding carboxylic acids is 1. The van der Waals surface area contributed by atoms with E-state index in [4.69, 9.17) is 5.14 Å². The molecule has 28 heavy (non-hydrogen) atoms. The number of hydrogen-bond donors (Lipinski definition) is 2. The Morgan fingerprint density at radius 3 is 2.29 bits per heavy atom. The lowest BCUT2D eigenvalue weighted by Crippen LogP contribution is -2.15. The number of sulfonamides is 1. The lowest BCUT2D eigenvalue weighted by Gasteiger charge is -2.09. The number of carbonyl (C=O) groups is 1. The van der Waals surface area contributed by atoms with E-state index in [-0.39, 0.29) is 21.2 Å². The molecule has 3 N–H and O–H groups in total. The van der Waals surface area contributed by atoms with Gasteiger partial charge < -0.3 is 5.32 Å². The van der Waals surface area contributed by atoms with E-state index in [1.807, 2.05) is 0 Å². The molecule has 1 amide bonds. The van der Waals surface area contributed by atoms with E-state index in [0.29, 0.717) is 23.9 Å². The molecule has 0 bridgehead atoms. The minimum atomic E-state index is -4.73. The second-order valence-corrected chi connectivity index (χ2v) is 7.92. The van der Waals surface area contributed by atoms with Crippen molar-refractivity contribution in [3.63, 3.8) is 0 Å². The van der Waals surface area contributed by atoms with Crippen LogP contribution in [0.1, 0.15) is 5.56 Å². The van der Waals surface area contributed by atoms with E-state index >= 15 is 0 Å². The lowest BCUT2D eigenvalue weighted by molar-refractivity contribution is -0.388. The quantitative estimate of drug-likeness (QED) is 0.407. The maximum atomic E-state index is 12.7. The third kappa shape index (κ3) is 5.68. The number of alkyl halides is 3. The van der Waals surface area contributed by atoms with Crippen LogP contribution < -0.4 is 10.5 Å². The number of thioether (sulfide) groups is 1. The van der Waals surface area contributed by atoms with E-state index in [1.165, 1.54) is 24.3 Å². The lowest BCUT2D eigenvalue weighted by atomic mass is 10.2. The zero-order chi connectivity index (χ0) is 21.1. The Balaban J connectivity index is 2.07. The Hall–Kier alpha value is -2.64. The fraction of sp³-hybridized carbons (Fsp3) is 0.133. The van der Waals surface area contributed by atoms with Crippen LogP contribution in [0.15, 0.2) is 52.3 Å². The number of benzene rings is 2. The van der Waals surface area contributed by atoms with E-state index in [9.17, 15) is 36.5 Å². The van der Waals surface area contributed by atoms with Crippen LogP contribution in [-0.4, -0.2) is 25.0 Å². The van der Waals surface area contributed by atoms with Crippen molar-refractivity contribution in [3.8, 4) is 0 Å². The summed E-state index contributed by atoms with van der Waals surface area (Å²) in [6, 6.07) is 6.98. The van der Waals surface area contributed by atoms with E-state index in [1.54, 1.807) is 0 Å². The van der Waals surface area contributed by atoms with Crippen molar-refractivity contribution < 1.29 is 31.3 Å². The minimum Gasteiger partial charge on any atom is -0.325 e. The number of nitro groups is 1. The number of nitro benzene ring substituents is 1. The molecular weight excluding hydrogens is 423 g/mol. The zero-order valence-electron chi connectivity index (χ0n) is 13.8. The molecule has 0 aliphatic rings. The fourth-order valence-electron chi connectivity index (χ4n) is 2.03. The number of rotatable bonds is 6. The smallest absolute Gasteiger partial charge is 0.325 e. The number of hydrogen-bond acceptors (Lipinski definition) is 6. The Morgan fingerprint density at radius 2 is 1.79 bits per heavy atom. The van der Waals surface area contributed by atoms with Crippen molar-refractivity contribution in [2.24, 2.45) is 5.14 Å². The molecule has 0 unspecified atom stereocenters. The number of nitrogens with one attached hydrogen (secondary N) is 1. The van der Waals surface area contributed by atoms with Gasteiger partial charge in [0.05, 0.1) is 26.0 Å². The minimum absolute atomic E-state index is 0.0993. The van der Waals surface area contributed by atoms with Crippen molar-refractivity contribution >= 4 is 39.1 Å². The molecule has 0 aliphatic heterocycles. The van der Waals surface area contributed by atoms with Gasteiger partial charge in [0.2, 0.25) is 15.9 Å². The second kappa shape index (κ2) is 8.16. The van der Waals surface area contributed by atoms with Crippen molar-refractivity contribution in [2.75, 3.05) is 11.1 Å². The molecule has 13 heteroatoms. The van der Waals surface area contributed by atoms with Crippen LogP contribution in [0, 0.1) is 10.1 Å². The molecule has 0 atom stereocenters. The standard InChI is InChI=1S/C15H12F3N3O5S2/c16-15(17,18)9-1-6-13(12(7-9)21(23)24)27-8-14(22)20-10-2-4-11(5-3-10)28(19,25)26/h1-7H,8H2,(H,20,22)(H2,19,25,26). The molecule has 0 heterocycles. The molecule has 2 aromatic carbocycles. The largest absolute Gasteiger partial charge is 0.416 e. The Labute approximate surface area is 161 Å². The highest BCUT2D eigenvalue weighted by molar-refractivity contribution is 8.00. The molecule has 2 aromatic rings. The van der Waals surface area contributed by atoms with Crippen molar-refractivity contribution in [2.45, 2.75) is 16.0 Å². The molecule has 150 valence electrons. The van der Waals surface area contributed by atoms with Gasteiger partial charge in [0.15, 0.2) is 0 Å². The van der Waals surface area contributed by atoms with Crippen LogP contribution in [-0.2, 0) is 21.0 Å². The molecule has 0 aliphatic carbocycles. The van der Waals surface area contributed by atoms with Crippen molar-refractivity contribution in [3.05, 3.63) is 58.1 Å². The maximum Gasteiger partial charge on any atom is 0.416 e. The van der Waals surface area contributed by atoms with Gasteiger partial charge in [0.25, 0.3) is 5.69 Å². The highest BCUT2D eigenvalue weighted by Gasteiger charge is 2.33. The van der Waals surface area contributed by atoms with Crippen molar-refractivity contribution in [1.29, 1.82) is 0 Å². The third-order valence-corrected chi connectivity index (χ3v) is 5.30. The summed E-state index contributed by atoms with van der Waals surface area (Å²) in [5.41, 5.74) is -1.67. The molecule has 2 rings (SSSR count). The van der Waals surface area contributed by atoms with Crippen LogP contribution >= 0.6 is 11.8 Å². The summed E-state index contributed by atoms with van der Waals surface area (Å²) < 4.78 is 60.4. The summed E-state index contributed by atoms with van der Waals surface area (Å²) in [4.78, 5) is 21.8. The van der Waals surface area contributed by atoms with Gasteiger partial charge in [0.1, 0.15) is 0 Å². The highest BCUT2D eigenvalue weighted by atomic mass is 32.2. The summed E-state index contributed by atoms with van der Waals surface area (Å²) in [6.07, 6.45) is -4.73. The van der Waals surface area contributed by atoms with Crippen LogP contribution in [0.25, 0.3) is 0 Å². The maximum absolute atomic E-state index is 12.7. The first-order chi connectivity index (χ1) is 12.9. The van der Waals surface area contributed by atoms with Gasteiger partial charge in [0, 0.05) is 11.8 Å². The number of nitrogens with two attached hydrogens (primary N) is 1. The molecular formula is C15H12F3N3O5S2. The Kier molecular flexibility index (Phi) is 6.31. The summed E-state index contributed by atoms with van der Waals surface area (Å²) in [7, 11) is -3.88. The molecule has 8 nitrogen and oxygen atoms in total. The molecule has 0 fully saturated rings. The molecule has 0 spiro atoms. The number of anilines is 1. The first-order valence-corrected chi connectivity index (χ1v) is 9.82. The highest BCUT2D eigenvalue weighted by Crippen LogP contribution is 2.36. The SMILES string of the molecule is NS(=O)(=O)c1ccc(NC(=O)CSc2ccc(C(F)(F)F)cc2[N+](=O)[O-])cc1. The molecule has 0 saturated carbocycles. The number of primary sulfonamides is 1. The zero-order valence-corrected chi connectivity index (χ0v) is 15.4. The van der Waals surface area contributed by atoms with Crippen LogP contribution in [0.4, 0.5) is 24.5 Å². The summed E-state index contributed by atoms with van der Waals surface area (Å²) in [5.74, 6) is -0.911. The summed E-state index contributed by atoms with van der Waals surface area (Å²) in [6.45, 7) is 0. The molecule has 0 radical (unpaired) electrons. The average molecular weight is 435 g/mol. The number of nitrogens with zero attached hydrogens (tertiary/aromatic N) is 1. The van der Waals surface area contributed by atoms with E-state index < -0.39 is 38.3 Å². The van der Waals surface area contributed by atoms with E-state index in [0.717, 1.165) is 6.07 Å². The Bertz CT molecular complexity index is 1010. The monoisotopic (exact) mass is 435 g/mol. The van der Waals surface area contributed by atoms with Gasteiger partial charge in [-0.05, 0) is 36.4 Å². The van der Waals surface area contributed by atoms with Crippen molar-refractivity contribution in [1.82, 2.24) is 0 Å². The second-order valence-electron chi connectivity index (χ2n) is 5.34. The molecule has 0 saturated heterocycles.